The molecule has 3 aromatic rings. The molecule has 26 heavy (non-hydrogen) atoms. The largest absolute Gasteiger partial charge is 0.485 e. The van der Waals surface area contributed by atoms with Crippen LogP contribution < -0.4 is 9.64 Å². The van der Waals surface area contributed by atoms with Crippen molar-refractivity contribution in [3.63, 3.8) is 0 Å². The van der Waals surface area contributed by atoms with E-state index in [0.29, 0.717) is 12.4 Å². The predicted molar refractivity (Wildman–Crippen MR) is 104 cm³/mol. The second-order valence-electron chi connectivity index (χ2n) is 6.63. The molecule has 0 aliphatic carbocycles. The van der Waals surface area contributed by atoms with Crippen LogP contribution in [0.15, 0.2) is 48.7 Å². The van der Waals surface area contributed by atoms with E-state index in [1.807, 2.05) is 80.9 Å². The number of carbonyl (C=O) groups excluding carboxylic acids is 1. The van der Waals surface area contributed by atoms with E-state index in [2.05, 4.69) is 0 Å². The number of hydrogen-bond acceptors (Lipinski definition) is 3. The smallest absolute Gasteiger partial charge is 0.230 e. The van der Waals surface area contributed by atoms with Crippen LogP contribution in [-0.2, 0) is 17.8 Å². The van der Waals surface area contributed by atoms with E-state index < -0.39 is 0 Å². The third-order valence-corrected chi connectivity index (χ3v) is 4.37. The van der Waals surface area contributed by atoms with Gasteiger partial charge in [0.25, 0.3) is 0 Å². The van der Waals surface area contributed by atoms with Gasteiger partial charge in [-0.25, -0.2) is 4.98 Å². The highest BCUT2D eigenvalue weighted by atomic mass is 16.5. The summed E-state index contributed by atoms with van der Waals surface area (Å²) in [7, 11) is 1.81. The number of hydrogen-bond donors (Lipinski definition) is 0. The highest BCUT2D eigenvalue weighted by Gasteiger charge is 2.23. The molecule has 5 nitrogen and oxygen atoms in total. The van der Waals surface area contributed by atoms with Crippen LogP contribution in [0.25, 0.3) is 5.65 Å². The quantitative estimate of drug-likeness (QED) is 0.672. The Morgan fingerprint density at radius 3 is 2.58 bits per heavy atom. The highest BCUT2D eigenvalue weighted by Crippen LogP contribution is 2.29. The van der Waals surface area contributed by atoms with Gasteiger partial charge in [0.1, 0.15) is 12.4 Å². The molecule has 0 aliphatic rings. The summed E-state index contributed by atoms with van der Waals surface area (Å²) in [5.74, 6) is 1.51. The summed E-state index contributed by atoms with van der Waals surface area (Å²) in [5, 5.41) is 0. The molecular weight excluding hydrogens is 326 g/mol. The second-order valence-corrected chi connectivity index (χ2v) is 6.63. The molecular formula is C21H25N3O2. The summed E-state index contributed by atoms with van der Waals surface area (Å²) in [4.78, 5) is 19.0. The van der Waals surface area contributed by atoms with Crippen molar-refractivity contribution in [3.05, 3.63) is 59.9 Å². The number of aromatic nitrogens is 2. The first kappa shape index (κ1) is 18.0. The maximum absolute atomic E-state index is 12.5. The van der Waals surface area contributed by atoms with Crippen LogP contribution in [0, 0.1) is 5.92 Å². The van der Waals surface area contributed by atoms with Crippen LogP contribution in [0.2, 0.25) is 0 Å². The normalized spacial score (nSPS) is 11.1. The van der Waals surface area contributed by atoms with Gasteiger partial charge in [0.2, 0.25) is 5.91 Å². The number of aryl methyl sites for hydroxylation is 1. The molecule has 2 aromatic heterocycles. The first-order chi connectivity index (χ1) is 12.5. The summed E-state index contributed by atoms with van der Waals surface area (Å²) >= 11 is 0. The lowest BCUT2D eigenvalue weighted by atomic mass is 10.2. The number of fused-ring (bicyclic) bond motifs is 1. The van der Waals surface area contributed by atoms with Crippen LogP contribution in [0.1, 0.15) is 32.0 Å². The van der Waals surface area contributed by atoms with Gasteiger partial charge in [-0.15, -0.1) is 0 Å². The van der Waals surface area contributed by atoms with Crippen LogP contribution in [0.4, 0.5) is 5.82 Å². The van der Waals surface area contributed by atoms with E-state index in [4.69, 9.17) is 9.72 Å². The van der Waals surface area contributed by atoms with Crippen molar-refractivity contribution in [1.29, 1.82) is 0 Å². The average molecular weight is 351 g/mol. The molecule has 0 aliphatic heterocycles. The van der Waals surface area contributed by atoms with Gasteiger partial charge in [-0.2, -0.15) is 0 Å². The number of amides is 1. The summed E-state index contributed by atoms with van der Waals surface area (Å²) in [6, 6.07) is 13.9. The minimum Gasteiger partial charge on any atom is -0.485 e. The van der Waals surface area contributed by atoms with Crippen molar-refractivity contribution in [1.82, 2.24) is 9.38 Å². The number of imidazole rings is 1. The van der Waals surface area contributed by atoms with E-state index in [9.17, 15) is 4.79 Å². The Balaban J connectivity index is 1.99. The lowest BCUT2D eigenvalue weighted by Gasteiger charge is -2.20. The zero-order valence-corrected chi connectivity index (χ0v) is 15.8. The monoisotopic (exact) mass is 351 g/mol. The fourth-order valence-electron chi connectivity index (χ4n) is 3.01. The van der Waals surface area contributed by atoms with Crippen molar-refractivity contribution in [3.8, 4) is 5.75 Å². The van der Waals surface area contributed by atoms with Crippen LogP contribution >= 0.6 is 0 Å². The van der Waals surface area contributed by atoms with Crippen LogP contribution in [-0.4, -0.2) is 22.3 Å². The Labute approximate surface area is 154 Å². The Kier molecular flexibility index (Phi) is 5.26. The molecule has 3 rings (SSSR count). The Morgan fingerprint density at radius 2 is 1.92 bits per heavy atom. The Hall–Kier alpha value is -2.82. The van der Waals surface area contributed by atoms with Crippen molar-refractivity contribution in [2.45, 2.75) is 33.8 Å². The van der Waals surface area contributed by atoms with Crippen molar-refractivity contribution < 1.29 is 9.53 Å². The number of rotatable bonds is 6. The number of anilines is 1. The van der Waals surface area contributed by atoms with Gasteiger partial charge in [0, 0.05) is 19.2 Å². The lowest BCUT2D eigenvalue weighted by molar-refractivity contribution is -0.121. The predicted octanol–water partition coefficient (Wildman–Crippen LogP) is 4.09. The number of benzene rings is 1. The second kappa shape index (κ2) is 7.60. The van der Waals surface area contributed by atoms with Gasteiger partial charge >= 0.3 is 0 Å². The first-order valence-electron chi connectivity index (χ1n) is 8.97. The molecule has 1 aromatic carbocycles. The van der Waals surface area contributed by atoms with E-state index >= 15 is 0 Å². The van der Waals surface area contributed by atoms with Gasteiger partial charge in [0.05, 0.1) is 5.69 Å². The maximum atomic E-state index is 12.5. The molecule has 1 amide bonds. The van der Waals surface area contributed by atoms with E-state index in [1.54, 1.807) is 4.90 Å². The number of pyridine rings is 1. The molecule has 0 atom stereocenters. The standard InChI is InChI=1S/C21H25N3O2/c1-5-17-20(23(4)21(25)15(2)3)24-13-9-12-18(19(24)22-17)26-14-16-10-7-6-8-11-16/h6-13,15H,5,14H2,1-4H3. The fourth-order valence-corrected chi connectivity index (χ4v) is 3.01. The summed E-state index contributed by atoms with van der Waals surface area (Å²) in [6.45, 7) is 6.33. The Morgan fingerprint density at radius 1 is 1.19 bits per heavy atom. The van der Waals surface area contributed by atoms with E-state index in [-0.39, 0.29) is 11.8 Å². The van der Waals surface area contributed by atoms with Gasteiger partial charge in [-0.1, -0.05) is 51.1 Å². The molecule has 5 heteroatoms. The van der Waals surface area contributed by atoms with Gasteiger partial charge in [-0.3, -0.25) is 14.1 Å². The third kappa shape index (κ3) is 3.43. The zero-order valence-electron chi connectivity index (χ0n) is 15.8. The molecule has 136 valence electrons. The van der Waals surface area contributed by atoms with Crippen molar-refractivity contribution in [2.24, 2.45) is 5.92 Å². The molecule has 0 radical (unpaired) electrons. The van der Waals surface area contributed by atoms with Gasteiger partial charge < -0.3 is 4.74 Å². The average Bonchev–Trinajstić information content (AvgIpc) is 3.05. The zero-order chi connectivity index (χ0) is 18.7. The molecule has 2 heterocycles. The third-order valence-electron chi connectivity index (χ3n) is 4.37. The van der Waals surface area contributed by atoms with Crippen molar-refractivity contribution >= 4 is 17.4 Å². The Bertz CT molecular complexity index is 900. The summed E-state index contributed by atoms with van der Waals surface area (Å²) < 4.78 is 7.96. The lowest BCUT2D eigenvalue weighted by Crippen LogP contribution is -2.31. The molecule has 0 N–H and O–H groups in total. The number of ether oxygens (including phenoxy) is 1. The van der Waals surface area contributed by atoms with E-state index in [0.717, 1.165) is 29.1 Å². The summed E-state index contributed by atoms with van der Waals surface area (Å²) in [5.41, 5.74) is 2.72. The molecule has 0 bridgehead atoms. The minimum atomic E-state index is -0.0761. The SMILES string of the molecule is CCc1nc2c(OCc3ccccc3)cccn2c1N(C)C(=O)C(C)C. The van der Waals surface area contributed by atoms with Crippen LogP contribution in [0.3, 0.4) is 0 Å². The fraction of sp³-hybridized carbons (Fsp3) is 0.333. The maximum Gasteiger partial charge on any atom is 0.230 e. The topological polar surface area (TPSA) is 46.8 Å². The molecule has 0 unspecified atom stereocenters. The highest BCUT2D eigenvalue weighted by molar-refractivity contribution is 5.94. The molecule has 0 saturated heterocycles. The number of carbonyl (C=O) groups is 1. The van der Waals surface area contributed by atoms with Gasteiger partial charge in [0.15, 0.2) is 11.4 Å². The molecule has 0 saturated carbocycles. The molecule has 0 fully saturated rings. The minimum absolute atomic E-state index is 0.0668. The van der Waals surface area contributed by atoms with Crippen LogP contribution in [0.5, 0.6) is 5.75 Å². The summed E-state index contributed by atoms with van der Waals surface area (Å²) in [6.07, 6.45) is 2.67. The number of nitrogens with zero attached hydrogens (tertiary/aromatic N) is 3. The first-order valence-corrected chi connectivity index (χ1v) is 8.97. The molecule has 0 spiro atoms. The van der Waals surface area contributed by atoms with Crippen molar-refractivity contribution in [2.75, 3.05) is 11.9 Å². The van der Waals surface area contributed by atoms with E-state index in [1.165, 1.54) is 0 Å². The van der Waals surface area contributed by atoms with Gasteiger partial charge in [-0.05, 0) is 24.1 Å².